The van der Waals surface area contributed by atoms with Gasteiger partial charge in [0.2, 0.25) is 0 Å². The van der Waals surface area contributed by atoms with Crippen LogP contribution in [-0.2, 0) is 55.8 Å². The van der Waals surface area contributed by atoms with Crippen LogP contribution in [0.15, 0.2) is 122 Å². The van der Waals surface area contributed by atoms with Gasteiger partial charge in [0, 0.05) is 19.3 Å². The topological polar surface area (TPSA) is 231 Å². The van der Waals surface area contributed by atoms with Crippen LogP contribution in [0.3, 0.4) is 0 Å². The van der Waals surface area contributed by atoms with Crippen LogP contribution in [0.2, 0.25) is 0 Å². The molecule has 0 aromatic rings. The van der Waals surface area contributed by atoms with Crippen LogP contribution in [0.5, 0.6) is 0 Å². The van der Waals surface area contributed by atoms with Crippen molar-refractivity contribution >= 4 is 33.6 Å². The lowest BCUT2D eigenvalue weighted by molar-refractivity contribution is -0.161. The van der Waals surface area contributed by atoms with E-state index >= 15 is 0 Å². The molecule has 0 aliphatic rings. The Morgan fingerprint density at radius 1 is 0.349 bits per heavy atom. The van der Waals surface area contributed by atoms with Crippen molar-refractivity contribution in [1.29, 1.82) is 0 Å². The van der Waals surface area contributed by atoms with Gasteiger partial charge in [0.25, 0.3) is 0 Å². The molecular formula is C65H108O16P2. The number of carbonyl (C=O) groups excluding carboxylic acids is 3. The predicted molar refractivity (Wildman–Crippen MR) is 334 cm³/mol. The monoisotopic (exact) mass is 1210 g/mol. The molecular weight excluding hydrogens is 1100 g/mol. The van der Waals surface area contributed by atoms with Crippen LogP contribution in [0, 0.1) is 0 Å². The number of hydrogen-bond donors (Lipinski definition) is 4. The highest BCUT2D eigenvalue weighted by atomic mass is 31.2. The van der Waals surface area contributed by atoms with Crippen molar-refractivity contribution in [2.75, 3.05) is 39.6 Å². The smallest absolute Gasteiger partial charge is 0.463 e. The van der Waals surface area contributed by atoms with E-state index in [2.05, 4.69) is 142 Å². The summed E-state index contributed by atoms with van der Waals surface area (Å²) in [6.45, 7) is 2.25. The van der Waals surface area contributed by atoms with E-state index in [1.54, 1.807) is 0 Å². The van der Waals surface area contributed by atoms with E-state index < -0.39 is 91.5 Å². The number of allylic oxidation sites excluding steroid dienone is 20. The Morgan fingerprint density at radius 3 is 1.01 bits per heavy atom. The van der Waals surface area contributed by atoms with Crippen LogP contribution in [0.4, 0.5) is 0 Å². The molecule has 0 spiro atoms. The molecule has 0 rings (SSSR count). The first-order chi connectivity index (χ1) is 40.2. The van der Waals surface area contributed by atoms with Crippen molar-refractivity contribution in [3.63, 3.8) is 0 Å². The lowest BCUT2D eigenvalue weighted by Crippen LogP contribution is -2.30. The van der Waals surface area contributed by atoms with Gasteiger partial charge in [-0.3, -0.25) is 32.5 Å². The summed E-state index contributed by atoms with van der Waals surface area (Å²) in [4.78, 5) is 58.1. The fraction of sp³-hybridized carbons (Fsp3) is 0.646. The first-order valence-electron chi connectivity index (χ1n) is 30.8. The second-order valence-corrected chi connectivity index (χ2v) is 23.0. The molecule has 0 aliphatic carbocycles. The molecule has 0 aliphatic heterocycles. The highest BCUT2D eigenvalue weighted by molar-refractivity contribution is 7.47. The summed E-state index contributed by atoms with van der Waals surface area (Å²) in [6.07, 6.45) is 64.1. The van der Waals surface area contributed by atoms with Crippen LogP contribution < -0.4 is 0 Å². The second kappa shape index (κ2) is 58.3. The Morgan fingerprint density at radius 2 is 0.639 bits per heavy atom. The largest absolute Gasteiger partial charge is 0.472 e. The fourth-order valence-electron chi connectivity index (χ4n) is 7.47. The Kier molecular flexibility index (Phi) is 55.5. The average molecular weight is 1210 g/mol. The van der Waals surface area contributed by atoms with Crippen LogP contribution in [0.25, 0.3) is 0 Å². The van der Waals surface area contributed by atoms with Gasteiger partial charge in [-0.05, 0) is 122 Å². The summed E-state index contributed by atoms with van der Waals surface area (Å²) < 4.78 is 60.6. The first kappa shape index (κ1) is 79.0. The van der Waals surface area contributed by atoms with Gasteiger partial charge in [-0.25, -0.2) is 9.13 Å². The molecule has 0 bridgehead atoms. The minimum Gasteiger partial charge on any atom is -0.463 e. The first-order valence-corrected chi connectivity index (χ1v) is 33.8. The molecule has 0 heterocycles. The van der Waals surface area contributed by atoms with Gasteiger partial charge in [0.15, 0.2) is 6.10 Å². The SMILES string of the molecule is CC/C=C\C/C=C\C/C=C\C/C=C\CCCCCCC(=O)OCC(O)COP(=O)(O)OCC(O)COP(=O)(O)OCC(COC(=O)CCCCCC/C=C\C/C=C\C/C=C\C/C=C\CC)OC(=O)CCCCCCC/C=C\C/C=C\CCC. The van der Waals surface area contributed by atoms with Crippen molar-refractivity contribution in [2.45, 2.75) is 232 Å². The predicted octanol–water partition coefficient (Wildman–Crippen LogP) is 16.3. The third kappa shape index (κ3) is 59.5. The Balaban J connectivity index is 4.75. The van der Waals surface area contributed by atoms with Gasteiger partial charge in [-0.2, -0.15) is 0 Å². The number of hydrogen-bond acceptors (Lipinski definition) is 14. The van der Waals surface area contributed by atoms with Crippen molar-refractivity contribution in [1.82, 2.24) is 0 Å². The molecule has 474 valence electrons. The van der Waals surface area contributed by atoms with Gasteiger partial charge in [0.05, 0.1) is 26.4 Å². The lowest BCUT2D eigenvalue weighted by Gasteiger charge is -2.21. The summed E-state index contributed by atoms with van der Waals surface area (Å²) in [5.74, 6) is -1.65. The van der Waals surface area contributed by atoms with Gasteiger partial charge in [-0.15, -0.1) is 0 Å². The third-order valence-corrected chi connectivity index (χ3v) is 14.0. The molecule has 0 saturated carbocycles. The van der Waals surface area contributed by atoms with Crippen molar-refractivity contribution < 1.29 is 75.8 Å². The molecule has 0 aromatic carbocycles. The highest BCUT2D eigenvalue weighted by Gasteiger charge is 2.29. The number of aliphatic hydroxyl groups excluding tert-OH is 2. The molecule has 5 unspecified atom stereocenters. The Hall–Kier alpha value is -4.05. The molecule has 0 radical (unpaired) electrons. The molecule has 0 fully saturated rings. The van der Waals surface area contributed by atoms with Gasteiger partial charge in [-0.1, -0.05) is 194 Å². The van der Waals surface area contributed by atoms with Crippen LogP contribution in [0.1, 0.15) is 213 Å². The minimum absolute atomic E-state index is 0.0783. The maximum atomic E-state index is 12.9. The molecule has 4 N–H and O–H groups in total. The van der Waals surface area contributed by atoms with E-state index in [0.717, 1.165) is 154 Å². The third-order valence-electron chi connectivity index (χ3n) is 12.1. The summed E-state index contributed by atoms with van der Waals surface area (Å²) >= 11 is 0. The maximum absolute atomic E-state index is 12.9. The number of phosphoric acid groups is 2. The summed E-state index contributed by atoms with van der Waals surface area (Å²) in [5.41, 5.74) is 0. The van der Waals surface area contributed by atoms with Crippen LogP contribution >= 0.6 is 15.6 Å². The summed E-state index contributed by atoms with van der Waals surface area (Å²) in [7, 11) is -9.79. The van der Waals surface area contributed by atoms with Crippen molar-refractivity contribution in [3.8, 4) is 0 Å². The van der Waals surface area contributed by atoms with Crippen LogP contribution in [-0.4, -0.2) is 95.9 Å². The maximum Gasteiger partial charge on any atom is 0.472 e. The zero-order chi connectivity index (χ0) is 61.0. The van der Waals surface area contributed by atoms with E-state index in [1.807, 2.05) is 0 Å². The molecule has 0 aromatic heterocycles. The number of unbranched alkanes of at least 4 members (excludes halogenated alkanes) is 14. The molecule has 83 heavy (non-hydrogen) atoms. The average Bonchev–Trinajstić information content (AvgIpc) is 3.46. The lowest BCUT2D eigenvalue weighted by atomic mass is 10.1. The van der Waals surface area contributed by atoms with Crippen molar-refractivity contribution in [2.24, 2.45) is 0 Å². The van der Waals surface area contributed by atoms with E-state index in [-0.39, 0.29) is 19.3 Å². The number of rotatable bonds is 57. The summed E-state index contributed by atoms with van der Waals surface area (Å²) in [6, 6.07) is 0. The normalized spacial score (nSPS) is 15.2. The zero-order valence-corrected chi connectivity index (χ0v) is 52.6. The standard InChI is InChI=1S/C65H108O16P2/c1-4-7-10-13-16-19-22-25-27-29-31-34-36-39-42-45-48-51-63(68)75-54-60(66)55-77-82(71,72)78-56-61(67)57-79-83(73,74)80-59-62(81-65(70)53-50-47-44-41-38-33-24-21-18-15-12-9-6-3)58-76-64(69)52-49-46-43-40-37-35-32-30-28-26-23-20-17-14-11-8-5-2/h7-8,10-12,15-17,19-21,24-28,31-32,34-35,60-62,66-67H,4-6,9,13-14,18,22-23,29-30,33,36-59H2,1-3H3,(H,71,72)(H,73,74)/b10-7-,11-8-,15-12-,19-16-,20-17-,24-21-,27-25-,28-26-,34-31-,35-32-. The van der Waals surface area contributed by atoms with Crippen molar-refractivity contribution in [3.05, 3.63) is 122 Å². The minimum atomic E-state index is -4.93. The number of aliphatic hydroxyl groups is 2. The van der Waals surface area contributed by atoms with Gasteiger partial charge in [0.1, 0.15) is 25.4 Å². The van der Waals surface area contributed by atoms with E-state index in [4.69, 9.17) is 32.3 Å². The Labute approximate surface area is 500 Å². The highest BCUT2D eigenvalue weighted by Crippen LogP contribution is 2.45. The molecule has 5 atom stereocenters. The number of ether oxygens (including phenoxy) is 3. The van der Waals surface area contributed by atoms with E-state index in [1.165, 1.54) is 0 Å². The van der Waals surface area contributed by atoms with E-state index in [9.17, 15) is 43.5 Å². The number of esters is 3. The molecule has 0 saturated heterocycles. The van der Waals surface area contributed by atoms with Gasteiger partial charge < -0.3 is 34.2 Å². The summed E-state index contributed by atoms with van der Waals surface area (Å²) in [5, 5.41) is 20.5. The number of phosphoric ester groups is 2. The quantitative estimate of drug-likeness (QED) is 0.0146. The fourth-order valence-corrected chi connectivity index (χ4v) is 9.05. The molecule has 16 nitrogen and oxygen atoms in total. The molecule has 18 heteroatoms. The van der Waals surface area contributed by atoms with Gasteiger partial charge >= 0.3 is 33.6 Å². The molecule has 0 amide bonds. The Bertz CT molecular complexity index is 2000. The second-order valence-electron chi connectivity index (χ2n) is 20.1. The zero-order valence-electron chi connectivity index (χ0n) is 50.8. The van der Waals surface area contributed by atoms with E-state index in [0.29, 0.717) is 19.3 Å². The number of carbonyl (C=O) groups is 3.